The van der Waals surface area contributed by atoms with Crippen molar-refractivity contribution in [2.45, 2.75) is 0 Å². The summed E-state index contributed by atoms with van der Waals surface area (Å²) in [4.78, 5) is 21.0. The summed E-state index contributed by atoms with van der Waals surface area (Å²) >= 11 is 7.11. The van der Waals surface area contributed by atoms with Crippen molar-refractivity contribution in [3.63, 3.8) is 0 Å². The average Bonchev–Trinajstić information content (AvgIpc) is 2.79. The molecule has 0 aliphatic heterocycles. The molecule has 0 radical (unpaired) electrons. The standard InChI is InChI=1S/C11H6ClNO4S/c12-10-3-7(13(15)16)1-2-11(10)17-8-4-9(5-14)18-6-8/h1-6H. The van der Waals surface area contributed by atoms with Crippen LogP contribution in [0.2, 0.25) is 5.02 Å². The van der Waals surface area contributed by atoms with E-state index in [2.05, 4.69) is 0 Å². The molecule has 0 spiro atoms. The fraction of sp³-hybridized carbons (Fsp3) is 0. The Labute approximate surface area is 111 Å². The van der Waals surface area contributed by atoms with E-state index in [9.17, 15) is 14.9 Å². The van der Waals surface area contributed by atoms with Crippen molar-refractivity contribution in [2.75, 3.05) is 0 Å². The number of nitro benzene ring substituents is 1. The summed E-state index contributed by atoms with van der Waals surface area (Å²) in [5.74, 6) is 0.773. The van der Waals surface area contributed by atoms with Crippen LogP contribution in [0, 0.1) is 10.1 Å². The molecule has 0 amide bonds. The van der Waals surface area contributed by atoms with Gasteiger partial charge >= 0.3 is 0 Å². The van der Waals surface area contributed by atoms with Crippen LogP contribution in [0.4, 0.5) is 5.69 Å². The van der Waals surface area contributed by atoms with E-state index in [-0.39, 0.29) is 10.7 Å². The molecule has 2 rings (SSSR count). The van der Waals surface area contributed by atoms with Gasteiger partial charge < -0.3 is 4.74 Å². The first-order valence-electron chi connectivity index (χ1n) is 4.75. The SMILES string of the molecule is O=Cc1cc(Oc2ccc([N+](=O)[O-])cc2Cl)cs1. The van der Waals surface area contributed by atoms with Gasteiger partial charge in [-0.3, -0.25) is 14.9 Å². The fourth-order valence-electron chi connectivity index (χ4n) is 1.26. The van der Waals surface area contributed by atoms with E-state index >= 15 is 0 Å². The Bertz CT molecular complexity index is 611. The lowest BCUT2D eigenvalue weighted by atomic mass is 10.3. The maximum atomic E-state index is 10.5. The van der Waals surface area contributed by atoms with Gasteiger partial charge in [0.2, 0.25) is 0 Å². The topological polar surface area (TPSA) is 69.4 Å². The minimum absolute atomic E-state index is 0.105. The predicted molar refractivity (Wildman–Crippen MR) is 67.9 cm³/mol. The van der Waals surface area contributed by atoms with E-state index in [1.807, 2.05) is 0 Å². The van der Waals surface area contributed by atoms with Gasteiger partial charge in [0.25, 0.3) is 5.69 Å². The first-order valence-corrected chi connectivity index (χ1v) is 6.01. The third kappa shape index (κ3) is 2.66. The highest BCUT2D eigenvalue weighted by Gasteiger charge is 2.11. The summed E-state index contributed by atoms with van der Waals surface area (Å²) < 4.78 is 5.42. The fourth-order valence-corrected chi connectivity index (χ4v) is 2.08. The number of non-ortho nitro benzene ring substituents is 1. The molecule has 0 bridgehead atoms. The van der Waals surface area contributed by atoms with Gasteiger partial charge in [-0.2, -0.15) is 0 Å². The third-order valence-electron chi connectivity index (χ3n) is 2.07. The molecule has 0 aliphatic rings. The van der Waals surface area contributed by atoms with Crippen LogP contribution in [-0.4, -0.2) is 11.2 Å². The van der Waals surface area contributed by atoms with Crippen molar-refractivity contribution in [1.82, 2.24) is 0 Å². The molecule has 0 atom stereocenters. The Morgan fingerprint density at radius 3 is 2.72 bits per heavy atom. The van der Waals surface area contributed by atoms with E-state index in [4.69, 9.17) is 16.3 Å². The smallest absolute Gasteiger partial charge is 0.271 e. The van der Waals surface area contributed by atoms with Crippen LogP contribution in [0.5, 0.6) is 11.5 Å². The summed E-state index contributed by atoms with van der Waals surface area (Å²) in [6, 6.07) is 5.49. The first-order chi connectivity index (χ1) is 8.60. The summed E-state index contributed by atoms with van der Waals surface area (Å²) in [5, 5.41) is 12.3. The van der Waals surface area contributed by atoms with Crippen LogP contribution in [0.15, 0.2) is 29.6 Å². The Morgan fingerprint density at radius 1 is 1.39 bits per heavy atom. The molecule has 0 N–H and O–H groups in total. The van der Waals surface area contributed by atoms with Crippen molar-refractivity contribution in [3.8, 4) is 11.5 Å². The Balaban J connectivity index is 2.24. The molecule has 92 valence electrons. The first kappa shape index (κ1) is 12.5. The molecule has 1 heterocycles. The van der Waals surface area contributed by atoms with E-state index in [1.54, 1.807) is 11.4 Å². The summed E-state index contributed by atoms with van der Waals surface area (Å²) in [5.41, 5.74) is -0.105. The monoisotopic (exact) mass is 283 g/mol. The number of rotatable bonds is 4. The van der Waals surface area contributed by atoms with Gasteiger partial charge in [0, 0.05) is 23.6 Å². The number of benzene rings is 1. The molecule has 0 aliphatic carbocycles. The molecule has 0 saturated carbocycles. The molecule has 7 heteroatoms. The van der Waals surface area contributed by atoms with E-state index in [0.717, 1.165) is 6.29 Å². The summed E-state index contributed by atoms with van der Waals surface area (Å²) in [6.45, 7) is 0. The van der Waals surface area contributed by atoms with Crippen LogP contribution >= 0.6 is 22.9 Å². The van der Waals surface area contributed by atoms with Crippen molar-refractivity contribution < 1.29 is 14.5 Å². The number of aldehydes is 1. The molecule has 2 aromatic rings. The number of thiophene rings is 1. The van der Waals surface area contributed by atoms with E-state index < -0.39 is 4.92 Å². The molecular weight excluding hydrogens is 278 g/mol. The maximum Gasteiger partial charge on any atom is 0.271 e. The van der Waals surface area contributed by atoms with Gasteiger partial charge in [-0.1, -0.05) is 11.6 Å². The number of carbonyl (C=O) groups is 1. The highest BCUT2D eigenvalue weighted by molar-refractivity contribution is 7.11. The Kier molecular flexibility index (Phi) is 3.59. The predicted octanol–water partition coefficient (Wildman–Crippen LogP) is 3.91. The number of hydrogen-bond acceptors (Lipinski definition) is 5. The Hall–Kier alpha value is -1.92. The second kappa shape index (κ2) is 5.16. The number of nitro groups is 1. The van der Waals surface area contributed by atoms with Crippen LogP contribution < -0.4 is 4.74 Å². The number of ether oxygens (including phenoxy) is 1. The van der Waals surface area contributed by atoms with Crippen LogP contribution in [-0.2, 0) is 0 Å². The van der Waals surface area contributed by atoms with Gasteiger partial charge in [0.15, 0.2) is 6.29 Å². The lowest BCUT2D eigenvalue weighted by Gasteiger charge is -2.04. The van der Waals surface area contributed by atoms with E-state index in [0.29, 0.717) is 16.4 Å². The highest BCUT2D eigenvalue weighted by Crippen LogP contribution is 2.33. The van der Waals surface area contributed by atoms with Crippen molar-refractivity contribution in [2.24, 2.45) is 0 Å². The van der Waals surface area contributed by atoms with Gasteiger partial charge in [0.05, 0.1) is 14.8 Å². The zero-order valence-corrected chi connectivity index (χ0v) is 10.4. The lowest BCUT2D eigenvalue weighted by molar-refractivity contribution is -0.384. The van der Waals surface area contributed by atoms with Crippen molar-refractivity contribution in [1.29, 1.82) is 0 Å². The second-order valence-corrected chi connectivity index (χ2v) is 4.63. The summed E-state index contributed by atoms with van der Waals surface area (Å²) in [6.07, 6.45) is 0.717. The third-order valence-corrected chi connectivity index (χ3v) is 3.20. The quantitative estimate of drug-likeness (QED) is 0.484. The minimum atomic E-state index is -0.537. The Morgan fingerprint density at radius 2 is 2.17 bits per heavy atom. The maximum absolute atomic E-state index is 10.5. The van der Waals surface area contributed by atoms with Crippen LogP contribution in [0.3, 0.4) is 0 Å². The molecule has 18 heavy (non-hydrogen) atoms. The zero-order valence-electron chi connectivity index (χ0n) is 8.83. The van der Waals surface area contributed by atoms with Crippen molar-refractivity contribution >= 4 is 34.9 Å². The number of halogens is 1. The molecule has 1 aromatic carbocycles. The van der Waals surface area contributed by atoms with Gasteiger partial charge in [-0.05, 0) is 6.07 Å². The zero-order chi connectivity index (χ0) is 13.1. The van der Waals surface area contributed by atoms with Crippen LogP contribution in [0.25, 0.3) is 0 Å². The summed E-state index contributed by atoms with van der Waals surface area (Å²) in [7, 11) is 0. The highest BCUT2D eigenvalue weighted by atomic mass is 35.5. The number of carbonyl (C=O) groups excluding carboxylic acids is 1. The normalized spacial score (nSPS) is 10.1. The van der Waals surface area contributed by atoms with Gasteiger partial charge in [0.1, 0.15) is 11.5 Å². The largest absolute Gasteiger partial charge is 0.455 e. The minimum Gasteiger partial charge on any atom is -0.455 e. The number of nitrogens with zero attached hydrogens (tertiary/aromatic N) is 1. The van der Waals surface area contributed by atoms with Crippen LogP contribution in [0.1, 0.15) is 9.67 Å². The molecule has 1 aromatic heterocycles. The number of hydrogen-bond donors (Lipinski definition) is 0. The molecule has 0 fully saturated rings. The second-order valence-electron chi connectivity index (χ2n) is 3.28. The molecule has 5 nitrogen and oxygen atoms in total. The van der Waals surface area contributed by atoms with E-state index in [1.165, 1.54) is 29.5 Å². The van der Waals surface area contributed by atoms with Gasteiger partial charge in [-0.25, -0.2) is 0 Å². The van der Waals surface area contributed by atoms with Crippen molar-refractivity contribution in [3.05, 3.63) is 49.7 Å². The molecule has 0 unspecified atom stereocenters. The molecule has 0 saturated heterocycles. The average molecular weight is 284 g/mol. The molecular formula is C11H6ClNO4S. The lowest BCUT2D eigenvalue weighted by Crippen LogP contribution is -1.89. The van der Waals surface area contributed by atoms with Gasteiger partial charge in [-0.15, -0.1) is 11.3 Å².